The number of carbonyl (C=O) groups is 2. The van der Waals surface area contributed by atoms with Crippen LogP contribution in [0.4, 0.5) is 5.69 Å². The number of rotatable bonds is 3. The van der Waals surface area contributed by atoms with Crippen molar-refractivity contribution in [3.05, 3.63) is 123 Å². The molecule has 8 nitrogen and oxygen atoms in total. The second kappa shape index (κ2) is 14.5. The fraction of sp³-hybridized carbons (Fsp3) is 0.133. The summed E-state index contributed by atoms with van der Waals surface area (Å²) in [7, 11) is 0. The highest BCUT2D eigenvalue weighted by molar-refractivity contribution is 6.05. The minimum Gasteiger partial charge on any atom is -0.477 e. The van der Waals surface area contributed by atoms with Gasteiger partial charge in [-0.25, -0.2) is 4.79 Å². The zero-order chi connectivity index (χ0) is 24.1. The molecule has 0 spiro atoms. The van der Waals surface area contributed by atoms with E-state index in [0.29, 0.717) is 27.5 Å². The summed E-state index contributed by atoms with van der Waals surface area (Å²) in [5.74, 6) is -1.62. The van der Waals surface area contributed by atoms with Crippen molar-refractivity contribution in [3.8, 4) is 0 Å². The summed E-state index contributed by atoms with van der Waals surface area (Å²) in [6, 6.07) is 23.0. The number of para-hydroxylation sites is 3. The van der Waals surface area contributed by atoms with E-state index >= 15 is 0 Å². The van der Waals surface area contributed by atoms with Gasteiger partial charge in [-0.2, -0.15) is 0 Å². The first kappa shape index (κ1) is 33.0. The molecule has 1 amide bonds. The number of aromatic amines is 2. The molecule has 2 heterocycles. The van der Waals surface area contributed by atoms with Crippen LogP contribution in [0, 0.1) is 0 Å². The molecule has 0 saturated heterocycles. The quantitative estimate of drug-likeness (QED) is 0.215. The number of pyridine rings is 2. The maximum atomic E-state index is 12.3. The van der Waals surface area contributed by atoms with Crippen LogP contribution in [0.25, 0.3) is 21.8 Å². The van der Waals surface area contributed by atoms with Crippen LogP contribution >= 0.6 is 0 Å². The Kier molecular flexibility index (Phi) is 12.6. The molecule has 5 aromatic rings. The van der Waals surface area contributed by atoms with E-state index in [2.05, 4.69) is 15.3 Å². The van der Waals surface area contributed by atoms with E-state index in [9.17, 15) is 19.2 Å². The average Bonchev–Trinajstić information content (AvgIpc) is 2.85. The number of carbonyl (C=O) groups excluding carboxylic acids is 1. The number of amides is 1. The Balaban J connectivity index is 0.000000683. The van der Waals surface area contributed by atoms with E-state index in [1.54, 1.807) is 54.6 Å². The van der Waals surface area contributed by atoms with Crippen LogP contribution in [0.5, 0.6) is 0 Å². The molecule has 5 rings (SSSR count). The molecule has 38 heavy (non-hydrogen) atoms. The molecule has 0 fully saturated rings. The van der Waals surface area contributed by atoms with Gasteiger partial charge in [-0.3, -0.25) is 14.4 Å². The van der Waals surface area contributed by atoms with Crippen molar-refractivity contribution in [2.75, 3.05) is 5.32 Å². The van der Waals surface area contributed by atoms with Crippen LogP contribution in [0.3, 0.4) is 0 Å². The van der Waals surface area contributed by atoms with Gasteiger partial charge in [-0.05, 0) is 36.4 Å². The molecule has 2 aromatic heterocycles. The largest absolute Gasteiger partial charge is 0.477 e. The van der Waals surface area contributed by atoms with Crippen molar-refractivity contribution in [1.82, 2.24) is 9.97 Å². The smallest absolute Gasteiger partial charge is 0.341 e. The second-order valence-corrected chi connectivity index (χ2v) is 7.28. The van der Waals surface area contributed by atoms with Crippen LogP contribution in [0.15, 0.2) is 101 Å². The normalized spacial score (nSPS) is 9.26. The molecule has 0 radical (unpaired) electrons. The minimum absolute atomic E-state index is 0. The van der Waals surface area contributed by atoms with Gasteiger partial charge in [0.05, 0.1) is 0 Å². The van der Waals surface area contributed by atoms with Crippen molar-refractivity contribution in [2.45, 2.75) is 29.7 Å². The van der Waals surface area contributed by atoms with Gasteiger partial charge in [-0.15, -0.1) is 0 Å². The Morgan fingerprint density at radius 3 is 1.53 bits per heavy atom. The summed E-state index contributed by atoms with van der Waals surface area (Å²) in [5, 5.41) is 12.3. The summed E-state index contributed by atoms with van der Waals surface area (Å²) in [4.78, 5) is 52.4. The highest BCUT2D eigenvalue weighted by Gasteiger charge is 2.13. The average molecular weight is 518 g/mol. The van der Waals surface area contributed by atoms with E-state index in [1.807, 2.05) is 24.3 Å². The predicted molar refractivity (Wildman–Crippen MR) is 157 cm³/mol. The summed E-state index contributed by atoms with van der Waals surface area (Å²) < 4.78 is 0. The molecular weight excluding hydrogens is 482 g/mol. The van der Waals surface area contributed by atoms with E-state index in [0.717, 1.165) is 0 Å². The van der Waals surface area contributed by atoms with Crippen LogP contribution in [0.2, 0.25) is 0 Å². The number of anilines is 1. The molecule has 0 saturated carbocycles. The molecule has 8 heteroatoms. The lowest BCUT2D eigenvalue weighted by Gasteiger charge is -2.05. The van der Waals surface area contributed by atoms with Crippen LogP contribution in [-0.2, 0) is 0 Å². The van der Waals surface area contributed by atoms with E-state index in [4.69, 9.17) is 5.11 Å². The number of hydrogen-bond acceptors (Lipinski definition) is 4. The van der Waals surface area contributed by atoms with Crippen LogP contribution in [-0.4, -0.2) is 27.0 Å². The Labute approximate surface area is 222 Å². The number of H-pyrrole nitrogens is 2. The SMILES string of the molecule is C.C.C.C.O=C(Nc1ccccc1)c1c[nH]c2ccccc2c1=O.O=C(O)c1c[nH]c2ccccc2c1=O. The molecule has 200 valence electrons. The number of fused-ring (bicyclic) bond motifs is 2. The number of aromatic carboxylic acids is 1. The topological polar surface area (TPSA) is 132 Å². The summed E-state index contributed by atoms with van der Waals surface area (Å²) in [6.45, 7) is 0. The molecular formula is C30H35N3O5. The standard InChI is InChI=1S/C16H12N2O2.C10H7NO3.4CH4/c19-15-12-8-4-5-9-14(12)17-10-13(15)16(20)18-11-6-2-1-3-7-11;12-9-6-3-1-2-4-8(6)11-5-7(9)10(13)14;;;;/h1-10H,(H,17,19)(H,18,20);1-5H,(H,11,12)(H,13,14);4*1H4. The fourth-order valence-corrected chi connectivity index (χ4v) is 3.38. The Bertz CT molecular complexity index is 1620. The Hall–Kier alpha value is -4.98. The Morgan fingerprint density at radius 2 is 1.03 bits per heavy atom. The van der Waals surface area contributed by atoms with E-state index in [-0.39, 0.29) is 46.3 Å². The van der Waals surface area contributed by atoms with Gasteiger partial charge in [0.15, 0.2) is 0 Å². The zero-order valence-corrected chi connectivity index (χ0v) is 17.7. The van der Waals surface area contributed by atoms with Crippen molar-refractivity contribution in [3.63, 3.8) is 0 Å². The fourth-order valence-electron chi connectivity index (χ4n) is 3.38. The monoisotopic (exact) mass is 517 g/mol. The number of nitrogens with one attached hydrogen (secondary N) is 3. The first-order valence-corrected chi connectivity index (χ1v) is 10.3. The summed E-state index contributed by atoms with van der Waals surface area (Å²) >= 11 is 0. The van der Waals surface area contributed by atoms with Crippen LogP contribution < -0.4 is 16.2 Å². The third kappa shape index (κ3) is 7.04. The first-order valence-electron chi connectivity index (χ1n) is 10.3. The minimum atomic E-state index is -1.21. The molecule has 0 aliphatic heterocycles. The molecule has 0 aliphatic rings. The van der Waals surface area contributed by atoms with Gasteiger partial charge >= 0.3 is 5.97 Å². The number of aromatic nitrogens is 2. The van der Waals surface area contributed by atoms with Gasteiger partial charge in [0.1, 0.15) is 11.1 Å². The molecule has 0 aliphatic carbocycles. The first-order chi connectivity index (χ1) is 16.5. The zero-order valence-electron chi connectivity index (χ0n) is 17.7. The summed E-state index contributed by atoms with van der Waals surface area (Å²) in [6.07, 6.45) is 2.66. The van der Waals surface area contributed by atoms with Gasteiger partial charge in [0.2, 0.25) is 10.9 Å². The molecule has 3 aromatic carbocycles. The third-order valence-electron chi connectivity index (χ3n) is 5.08. The number of benzene rings is 3. The van der Waals surface area contributed by atoms with Crippen molar-refractivity contribution >= 4 is 39.4 Å². The third-order valence-corrected chi connectivity index (χ3v) is 5.08. The number of carboxylic acid groups (broad SMARTS) is 1. The summed E-state index contributed by atoms with van der Waals surface area (Å²) in [5.41, 5.74) is 1.16. The highest BCUT2D eigenvalue weighted by Crippen LogP contribution is 2.10. The van der Waals surface area contributed by atoms with Crippen molar-refractivity contribution in [1.29, 1.82) is 0 Å². The molecule has 0 unspecified atom stereocenters. The van der Waals surface area contributed by atoms with Gasteiger partial charge in [0.25, 0.3) is 5.91 Å². The van der Waals surface area contributed by atoms with E-state index in [1.165, 1.54) is 12.4 Å². The maximum Gasteiger partial charge on any atom is 0.341 e. The van der Waals surface area contributed by atoms with Gasteiger partial charge < -0.3 is 20.4 Å². The highest BCUT2D eigenvalue weighted by atomic mass is 16.4. The van der Waals surface area contributed by atoms with E-state index < -0.39 is 17.3 Å². The van der Waals surface area contributed by atoms with Gasteiger partial charge in [0, 0.05) is 39.9 Å². The molecule has 4 N–H and O–H groups in total. The number of hydrogen-bond donors (Lipinski definition) is 4. The lowest BCUT2D eigenvalue weighted by atomic mass is 10.1. The Morgan fingerprint density at radius 1 is 0.605 bits per heavy atom. The predicted octanol–water partition coefficient (Wildman–Crippen LogP) is 6.55. The molecule has 0 bridgehead atoms. The van der Waals surface area contributed by atoms with Crippen LogP contribution in [0.1, 0.15) is 50.4 Å². The lowest BCUT2D eigenvalue weighted by molar-refractivity contribution is 0.0695. The lowest BCUT2D eigenvalue weighted by Crippen LogP contribution is -2.21. The van der Waals surface area contributed by atoms with Crippen molar-refractivity contribution in [2.24, 2.45) is 0 Å². The van der Waals surface area contributed by atoms with Crippen molar-refractivity contribution < 1.29 is 14.7 Å². The number of carboxylic acids is 1. The maximum absolute atomic E-state index is 12.3. The molecule has 0 atom stereocenters. The second-order valence-electron chi connectivity index (χ2n) is 7.28. The van der Waals surface area contributed by atoms with Gasteiger partial charge in [-0.1, -0.05) is 72.2 Å².